The number of benzene rings is 2. The molecule has 0 bridgehead atoms. The predicted molar refractivity (Wildman–Crippen MR) is 107 cm³/mol. The van der Waals surface area contributed by atoms with Crippen LogP contribution in [0.1, 0.15) is 31.4 Å². The number of methoxy groups -OCH3 is 1. The maximum Gasteiger partial charge on any atom is 0.414 e. The number of carbonyl (C=O) groups excluding carboxylic acids is 1. The van der Waals surface area contributed by atoms with E-state index in [1.54, 1.807) is 12.0 Å². The van der Waals surface area contributed by atoms with E-state index in [0.29, 0.717) is 11.7 Å². The molecule has 2 aromatic rings. The van der Waals surface area contributed by atoms with Gasteiger partial charge in [-0.1, -0.05) is 44.2 Å². The van der Waals surface area contributed by atoms with E-state index >= 15 is 0 Å². The van der Waals surface area contributed by atoms with Crippen LogP contribution < -0.4 is 9.64 Å². The van der Waals surface area contributed by atoms with E-state index in [0.717, 1.165) is 34.1 Å². The minimum absolute atomic E-state index is 0.108. The second kappa shape index (κ2) is 8.12. The molecule has 26 heavy (non-hydrogen) atoms. The molecule has 3 rings (SSSR count). The van der Waals surface area contributed by atoms with Gasteiger partial charge in [0.1, 0.15) is 12.4 Å². The lowest BCUT2D eigenvalue weighted by atomic mass is 9.89. The molecule has 1 unspecified atom stereocenters. The molecule has 0 saturated heterocycles. The Labute approximate surface area is 163 Å². The van der Waals surface area contributed by atoms with Crippen LogP contribution in [0, 0.1) is 5.92 Å². The smallest absolute Gasteiger partial charge is 0.414 e. The summed E-state index contributed by atoms with van der Waals surface area (Å²) in [5.41, 5.74) is 2.99. The van der Waals surface area contributed by atoms with Crippen molar-refractivity contribution in [3.63, 3.8) is 0 Å². The van der Waals surface area contributed by atoms with Crippen molar-refractivity contribution in [2.45, 2.75) is 39.3 Å². The molecule has 4 nitrogen and oxygen atoms in total. The Balaban J connectivity index is 1.90. The van der Waals surface area contributed by atoms with Crippen LogP contribution in [0.5, 0.6) is 5.75 Å². The monoisotopic (exact) mass is 417 g/mol. The zero-order valence-corrected chi connectivity index (χ0v) is 17.0. The highest BCUT2D eigenvalue weighted by molar-refractivity contribution is 9.10. The van der Waals surface area contributed by atoms with Gasteiger partial charge in [0, 0.05) is 12.1 Å². The quantitative estimate of drug-likeness (QED) is 0.652. The van der Waals surface area contributed by atoms with Crippen LogP contribution in [0.25, 0.3) is 0 Å². The molecular weight excluding hydrogens is 394 g/mol. The predicted octanol–water partition coefficient (Wildman–Crippen LogP) is 5.57. The summed E-state index contributed by atoms with van der Waals surface area (Å²) in [6.45, 7) is 4.55. The highest BCUT2D eigenvalue weighted by atomic mass is 79.9. The Kier molecular flexibility index (Phi) is 5.87. The van der Waals surface area contributed by atoms with Gasteiger partial charge in [0.25, 0.3) is 0 Å². The summed E-state index contributed by atoms with van der Waals surface area (Å²) in [7, 11) is 1.63. The largest absolute Gasteiger partial charge is 0.495 e. The van der Waals surface area contributed by atoms with Crippen LogP contribution in [0.3, 0.4) is 0 Å². The van der Waals surface area contributed by atoms with E-state index in [4.69, 9.17) is 9.47 Å². The van der Waals surface area contributed by atoms with Crippen molar-refractivity contribution in [1.82, 2.24) is 0 Å². The SMILES string of the molecule is COc1cc2c(cc1Br)CCC(C(C)C)N2C(=O)OCc1ccccc1. The van der Waals surface area contributed by atoms with Crippen LogP contribution in [-0.4, -0.2) is 19.2 Å². The molecule has 0 saturated carbocycles. The Morgan fingerprint density at radius 2 is 2.00 bits per heavy atom. The number of carbonyl (C=O) groups is 1. The molecular formula is C21H24BrNO3. The van der Waals surface area contributed by atoms with Gasteiger partial charge in [-0.05, 0) is 51.9 Å². The topological polar surface area (TPSA) is 38.8 Å². The first-order valence-corrected chi connectivity index (χ1v) is 9.67. The highest BCUT2D eigenvalue weighted by Crippen LogP contribution is 2.40. The van der Waals surface area contributed by atoms with Crippen LogP contribution in [0.4, 0.5) is 10.5 Å². The summed E-state index contributed by atoms with van der Waals surface area (Å²) in [6.07, 6.45) is 1.55. The van der Waals surface area contributed by atoms with E-state index in [1.807, 2.05) is 42.5 Å². The molecule has 1 aliphatic heterocycles. The molecule has 0 radical (unpaired) electrons. The molecule has 2 aromatic carbocycles. The number of hydrogen-bond donors (Lipinski definition) is 0. The zero-order valence-electron chi connectivity index (χ0n) is 15.4. The van der Waals surface area contributed by atoms with E-state index < -0.39 is 0 Å². The Morgan fingerprint density at radius 3 is 2.65 bits per heavy atom. The van der Waals surface area contributed by atoms with Crippen molar-refractivity contribution in [2.75, 3.05) is 12.0 Å². The second-order valence-electron chi connectivity index (χ2n) is 6.88. The average molecular weight is 418 g/mol. The lowest BCUT2D eigenvalue weighted by Crippen LogP contribution is -2.46. The van der Waals surface area contributed by atoms with Crippen LogP contribution in [-0.2, 0) is 17.8 Å². The molecule has 1 heterocycles. The molecule has 1 amide bonds. The van der Waals surface area contributed by atoms with Gasteiger partial charge in [-0.25, -0.2) is 4.79 Å². The molecule has 0 fully saturated rings. The summed E-state index contributed by atoms with van der Waals surface area (Å²) < 4.78 is 12.0. The summed E-state index contributed by atoms with van der Waals surface area (Å²) >= 11 is 3.54. The first-order chi connectivity index (χ1) is 12.5. The lowest BCUT2D eigenvalue weighted by molar-refractivity contribution is 0.141. The molecule has 1 aliphatic rings. The van der Waals surface area contributed by atoms with Gasteiger partial charge in [0.15, 0.2) is 0 Å². The number of rotatable bonds is 4. The first-order valence-electron chi connectivity index (χ1n) is 8.87. The van der Waals surface area contributed by atoms with E-state index in [-0.39, 0.29) is 18.7 Å². The van der Waals surface area contributed by atoms with Gasteiger partial charge in [0.05, 0.1) is 17.3 Å². The standard InChI is InChI=1S/C21H24BrNO3/c1-14(2)18-10-9-16-11-17(22)20(25-3)12-19(16)23(18)21(24)26-13-15-7-5-4-6-8-15/h4-8,11-12,14,18H,9-10,13H2,1-3H3. The number of halogens is 1. The van der Waals surface area contributed by atoms with Crippen LogP contribution in [0.2, 0.25) is 0 Å². The number of nitrogens with zero attached hydrogens (tertiary/aromatic N) is 1. The number of anilines is 1. The van der Waals surface area contributed by atoms with Crippen molar-refractivity contribution in [3.8, 4) is 5.75 Å². The second-order valence-corrected chi connectivity index (χ2v) is 7.73. The molecule has 0 aromatic heterocycles. The number of ether oxygens (including phenoxy) is 2. The van der Waals surface area contributed by atoms with Gasteiger partial charge < -0.3 is 9.47 Å². The fourth-order valence-electron chi connectivity index (χ4n) is 3.43. The third-order valence-corrected chi connectivity index (χ3v) is 5.44. The summed E-state index contributed by atoms with van der Waals surface area (Å²) in [5.74, 6) is 1.05. The van der Waals surface area contributed by atoms with Crippen molar-refractivity contribution in [2.24, 2.45) is 5.92 Å². The lowest BCUT2D eigenvalue weighted by Gasteiger charge is -2.39. The van der Waals surface area contributed by atoms with Crippen molar-refractivity contribution >= 4 is 27.7 Å². The molecule has 0 spiro atoms. The fourth-order valence-corrected chi connectivity index (χ4v) is 3.98. The summed E-state index contributed by atoms with van der Waals surface area (Å²) in [5, 5.41) is 0. The van der Waals surface area contributed by atoms with E-state index in [2.05, 4.69) is 29.8 Å². The maximum absolute atomic E-state index is 13.0. The molecule has 1 atom stereocenters. The number of aryl methyl sites for hydroxylation is 1. The fraction of sp³-hybridized carbons (Fsp3) is 0.381. The molecule has 0 N–H and O–H groups in total. The van der Waals surface area contributed by atoms with E-state index in [1.165, 1.54) is 0 Å². The van der Waals surface area contributed by atoms with Crippen LogP contribution in [0.15, 0.2) is 46.9 Å². The van der Waals surface area contributed by atoms with Gasteiger partial charge in [-0.2, -0.15) is 0 Å². The number of fused-ring (bicyclic) bond motifs is 1. The van der Waals surface area contributed by atoms with Gasteiger partial charge in [0.2, 0.25) is 0 Å². The average Bonchev–Trinajstić information content (AvgIpc) is 2.65. The van der Waals surface area contributed by atoms with Gasteiger partial charge >= 0.3 is 6.09 Å². The molecule has 5 heteroatoms. The maximum atomic E-state index is 13.0. The van der Waals surface area contributed by atoms with Crippen molar-refractivity contribution in [1.29, 1.82) is 0 Å². The summed E-state index contributed by atoms with van der Waals surface area (Å²) in [4.78, 5) is 14.8. The first kappa shape index (κ1) is 18.8. The zero-order chi connectivity index (χ0) is 18.7. The Morgan fingerprint density at radius 1 is 1.27 bits per heavy atom. The Hall–Kier alpha value is -2.01. The third-order valence-electron chi connectivity index (χ3n) is 4.83. The summed E-state index contributed by atoms with van der Waals surface area (Å²) in [6, 6.07) is 13.8. The molecule has 138 valence electrons. The van der Waals surface area contributed by atoms with Crippen LogP contribution >= 0.6 is 15.9 Å². The number of amides is 1. The van der Waals surface area contributed by atoms with Gasteiger partial charge in [-0.3, -0.25) is 4.90 Å². The third kappa shape index (κ3) is 3.88. The Bertz CT molecular complexity index is 776. The molecule has 0 aliphatic carbocycles. The number of hydrogen-bond acceptors (Lipinski definition) is 3. The van der Waals surface area contributed by atoms with E-state index in [9.17, 15) is 4.79 Å². The van der Waals surface area contributed by atoms with Crippen molar-refractivity contribution in [3.05, 3.63) is 58.1 Å². The highest BCUT2D eigenvalue weighted by Gasteiger charge is 2.34. The van der Waals surface area contributed by atoms with Gasteiger partial charge in [-0.15, -0.1) is 0 Å². The minimum atomic E-state index is -0.308. The minimum Gasteiger partial charge on any atom is -0.495 e. The normalized spacial score (nSPS) is 16.3. The van der Waals surface area contributed by atoms with Crippen molar-refractivity contribution < 1.29 is 14.3 Å².